The van der Waals surface area contributed by atoms with Gasteiger partial charge < -0.3 is 24.5 Å². The summed E-state index contributed by atoms with van der Waals surface area (Å²) in [4.78, 5) is 3.45. The van der Waals surface area contributed by atoms with Crippen LogP contribution < -0.4 is 14.8 Å². The Kier molecular flexibility index (Phi) is 6.90. The lowest BCUT2D eigenvalue weighted by atomic mass is 10.1. The van der Waals surface area contributed by atoms with E-state index in [0.29, 0.717) is 24.1 Å². The minimum atomic E-state index is -3.44. The average Bonchev–Trinajstić information content (AvgIpc) is 3.43. The summed E-state index contributed by atoms with van der Waals surface area (Å²) in [6.07, 6.45) is 4.07. The molecule has 34 heavy (non-hydrogen) atoms. The molecule has 0 aliphatic carbocycles. The molecule has 180 valence electrons. The second-order valence-electron chi connectivity index (χ2n) is 8.35. The molecule has 0 unspecified atom stereocenters. The molecule has 2 N–H and O–H groups in total. The van der Waals surface area contributed by atoms with E-state index in [-0.39, 0.29) is 17.0 Å². The predicted octanol–water partition coefficient (Wildman–Crippen LogP) is 3.80. The molecule has 0 amide bonds. The van der Waals surface area contributed by atoms with Gasteiger partial charge in [0.25, 0.3) is 0 Å². The topological polar surface area (TPSA) is 115 Å². The number of aromatic nitrogens is 3. The van der Waals surface area contributed by atoms with Crippen molar-refractivity contribution in [2.75, 3.05) is 20.0 Å². The number of ether oxygens (including phenoxy) is 3. The molecule has 0 saturated carbocycles. The predicted molar refractivity (Wildman–Crippen MR) is 129 cm³/mol. The Hall–Kier alpha value is -3.37. The van der Waals surface area contributed by atoms with E-state index in [1.165, 1.54) is 12.1 Å². The first-order chi connectivity index (χ1) is 16.2. The van der Waals surface area contributed by atoms with Gasteiger partial charge in [0.15, 0.2) is 14.9 Å². The van der Waals surface area contributed by atoms with Gasteiger partial charge in [0.2, 0.25) is 5.88 Å². The Morgan fingerprint density at radius 2 is 1.85 bits per heavy atom. The molecule has 0 spiro atoms. The monoisotopic (exact) mass is 484 g/mol. The van der Waals surface area contributed by atoms with Crippen LogP contribution in [-0.4, -0.2) is 55.7 Å². The van der Waals surface area contributed by atoms with Gasteiger partial charge in [-0.15, -0.1) is 10.2 Å². The Labute approximate surface area is 199 Å². The van der Waals surface area contributed by atoms with Crippen molar-refractivity contribution < 1.29 is 22.6 Å². The van der Waals surface area contributed by atoms with Crippen molar-refractivity contribution in [3.05, 3.63) is 54.2 Å². The molecule has 0 bridgehead atoms. The van der Waals surface area contributed by atoms with Crippen LogP contribution in [0.15, 0.2) is 53.6 Å². The summed E-state index contributed by atoms with van der Waals surface area (Å²) >= 11 is 0. The first-order valence-electron chi connectivity index (χ1n) is 10.9. The third-order valence-electron chi connectivity index (χ3n) is 5.20. The van der Waals surface area contributed by atoms with Crippen molar-refractivity contribution in [3.63, 3.8) is 0 Å². The lowest BCUT2D eigenvalue weighted by molar-refractivity contribution is 0.0920. The number of nitrogens with one attached hydrogen (secondary N) is 2. The third kappa shape index (κ3) is 5.75. The number of nitrogens with zero attached hydrogens (tertiary/aromatic N) is 2. The van der Waals surface area contributed by atoms with E-state index >= 15 is 0 Å². The number of sulfone groups is 1. The zero-order valence-electron chi connectivity index (χ0n) is 19.5. The van der Waals surface area contributed by atoms with Crippen LogP contribution in [0.5, 0.6) is 17.4 Å². The highest BCUT2D eigenvalue weighted by molar-refractivity contribution is 7.90. The summed E-state index contributed by atoms with van der Waals surface area (Å²) in [5.41, 5.74) is 3.84. The fourth-order valence-corrected chi connectivity index (χ4v) is 4.13. The van der Waals surface area contributed by atoms with Gasteiger partial charge in [-0.25, -0.2) is 8.42 Å². The van der Waals surface area contributed by atoms with E-state index in [1.54, 1.807) is 13.2 Å². The van der Waals surface area contributed by atoms with E-state index in [1.807, 2.05) is 31.2 Å². The van der Waals surface area contributed by atoms with Gasteiger partial charge in [-0.3, -0.25) is 0 Å². The molecule has 0 fully saturated rings. The second kappa shape index (κ2) is 9.86. The highest BCUT2D eigenvalue weighted by Crippen LogP contribution is 2.33. The van der Waals surface area contributed by atoms with Crippen molar-refractivity contribution in [2.45, 2.75) is 37.4 Å². The Balaban J connectivity index is 1.64. The average molecular weight is 485 g/mol. The first-order valence-corrected chi connectivity index (χ1v) is 12.8. The highest BCUT2D eigenvalue weighted by atomic mass is 32.2. The summed E-state index contributed by atoms with van der Waals surface area (Å²) in [7, 11) is -1.82. The van der Waals surface area contributed by atoms with Crippen molar-refractivity contribution in [3.8, 4) is 28.6 Å². The van der Waals surface area contributed by atoms with Gasteiger partial charge in [-0.2, -0.15) is 0 Å². The summed E-state index contributed by atoms with van der Waals surface area (Å²) in [6.45, 7) is 4.49. The zero-order chi connectivity index (χ0) is 24.3. The molecule has 2 atom stereocenters. The number of hydrogen-bond acceptors (Lipinski definition) is 8. The maximum Gasteiger partial charge on any atom is 0.238 e. The summed E-state index contributed by atoms with van der Waals surface area (Å²) < 4.78 is 40.4. The number of benzene rings is 1. The van der Waals surface area contributed by atoms with Crippen LogP contribution in [-0.2, 0) is 14.6 Å². The van der Waals surface area contributed by atoms with Crippen LogP contribution in [0, 0.1) is 0 Å². The molecule has 2 aromatic heterocycles. The maximum absolute atomic E-state index is 11.6. The fraction of sp³-hybridized carbons (Fsp3) is 0.333. The Morgan fingerprint density at radius 3 is 2.50 bits per heavy atom. The molecule has 9 nitrogen and oxygen atoms in total. The molecule has 10 heteroatoms. The summed E-state index contributed by atoms with van der Waals surface area (Å²) in [6, 6.07) is 12.8. The largest absolute Gasteiger partial charge is 0.488 e. The molecule has 3 aromatic rings. The standard InChI is InChI=1S/C24H28N4O5S/c1-15-5-6-21(25-15)22-8-7-20(26-22)17-11-18(32-16(2)14-31-3)13-19(12-17)33-23-9-10-24(28-27-23)34(4,29)30/h6-13,15-16,25-26H,5,14H2,1-4H3/t15-,16-/m0/s1. The normalized spacial score (nSPS) is 16.6. The third-order valence-corrected chi connectivity index (χ3v) is 6.18. The van der Waals surface area contributed by atoms with Crippen LogP contribution in [0.2, 0.25) is 0 Å². The molecule has 0 saturated heterocycles. The van der Waals surface area contributed by atoms with E-state index in [0.717, 1.165) is 35.3 Å². The van der Waals surface area contributed by atoms with Crippen molar-refractivity contribution >= 4 is 15.5 Å². The van der Waals surface area contributed by atoms with E-state index in [2.05, 4.69) is 33.5 Å². The minimum absolute atomic E-state index is 0.117. The van der Waals surface area contributed by atoms with Crippen LogP contribution in [0.1, 0.15) is 26.0 Å². The van der Waals surface area contributed by atoms with E-state index in [9.17, 15) is 8.42 Å². The number of methoxy groups -OCH3 is 1. The molecule has 3 heterocycles. The Morgan fingerprint density at radius 1 is 1.09 bits per heavy atom. The fourth-order valence-electron chi connectivity index (χ4n) is 3.62. The zero-order valence-corrected chi connectivity index (χ0v) is 20.3. The highest BCUT2D eigenvalue weighted by Gasteiger charge is 2.16. The van der Waals surface area contributed by atoms with Crippen LogP contribution in [0.4, 0.5) is 0 Å². The van der Waals surface area contributed by atoms with Crippen molar-refractivity contribution in [1.29, 1.82) is 0 Å². The number of hydrogen-bond donors (Lipinski definition) is 2. The number of H-pyrrole nitrogens is 1. The smallest absolute Gasteiger partial charge is 0.238 e. The summed E-state index contributed by atoms with van der Waals surface area (Å²) in [5, 5.41) is 11.0. The number of aromatic amines is 1. The molecule has 4 rings (SSSR count). The SMILES string of the molecule is COC[C@H](C)Oc1cc(Oc2ccc(S(C)(=O)=O)nn2)cc(-c2ccc(C3=CC[C@H](C)N3)[nH]2)c1. The van der Waals surface area contributed by atoms with Gasteiger partial charge in [0, 0.05) is 42.8 Å². The Bertz CT molecular complexity index is 1280. The van der Waals surface area contributed by atoms with Crippen molar-refractivity contribution in [2.24, 2.45) is 0 Å². The lowest BCUT2D eigenvalue weighted by Crippen LogP contribution is -2.18. The van der Waals surface area contributed by atoms with Crippen LogP contribution in [0.3, 0.4) is 0 Å². The maximum atomic E-state index is 11.6. The quantitative estimate of drug-likeness (QED) is 0.471. The molecular formula is C24H28N4O5S. The minimum Gasteiger partial charge on any atom is -0.488 e. The van der Waals surface area contributed by atoms with Gasteiger partial charge in [0.05, 0.1) is 18.0 Å². The second-order valence-corrected chi connectivity index (χ2v) is 10.3. The lowest BCUT2D eigenvalue weighted by Gasteiger charge is -2.16. The molecule has 1 aromatic carbocycles. The molecular weight excluding hydrogens is 456 g/mol. The first kappa shape index (κ1) is 23.8. The molecule has 1 aliphatic heterocycles. The number of rotatable bonds is 9. The van der Waals surface area contributed by atoms with E-state index in [4.69, 9.17) is 14.2 Å². The molecule has 1 aliphatic rings. The van der Waals surface area contributed by atoms with Gasteiger partial charge in [-0.05, 0) is 50.6 Å². The van der Waals surface area contributed by atoms with Gasteiger partial charge >= 0.3 is 0 Å². The van der Waals surface area contributed by atoms with E-state index < -0.39 is 9.84 Å². The summed E-state index contributed by atoms with van der Waals surface area (Å²) in [5.74, 6) is 1.24. The van der Waals surface area contributed by atoms with Crippen molar-refractivity contribution in [1.82, 2.24) is 20.5 Å². The van der Waals surface area contributed by atoms with Crippen LogP contribution >= 0.6 is 0 Å². The van der Waals surface area contributed by atoms with Gasteiger partial charge in [-0.1, -0.05) is 6.08 Å². The molecule has 0 radical (unpaired) electrons. The van der Waals surface area contributed by atoms with Crippen LogP contribution in [0.25, 0.3) is 17.0 Å². The van der Waals surface area contributed by atoms with Gasteiger partial charge in [0.1, 0.15) is 17.6 Å².